The minimum absolute atomic E-state index is 0.259. The Morgan fingerprint density at radius 3 is 2.41 bits per heavy atom. The molecule has 2 heterocycles. The molecule has 0 bridgehead atoms. The number of benzene rings is 2. The number of ether oxygens (including phenoxy) is 1. The molecule has 7 nitrogen and oxygen atoms in total. The summed E-state index contributed by atoms with van der Waals surface area (Å²) in [6.07, 6.45) is 3.58. The highest BCUT2D eigenvalue weighted by atomic mass is 32.2. The molecule has 4 rings (SSSR count). The van der Waals surface area contributed by atoms with Crippen molar-refractivity contribution in [1.29, 1.82) is 0 Å². The lowest BCUT2D eigenvalue weighted by molar-refractivity contribution is 0.340. The average Bonchev–Trinajstić information content (AvgIpc) is 3.23. The van der Waals surface area contributed by atoms with Crippen LogP contribution in [0.4, 0.5) is 5.69 Å². The minimum Gasteiger partial charge on any atom is -0.494 e. The van der Waals surface area contributed by atoms with E-state index >= 15 is 0 Å². The van der Waals surface area contributed by atoms with E-state index < -0.39 is 10.0 Å². The van der Waals surface area contributed by atoms with Gasteiger partial charge in [-0.2, -0.15) is 0 Å². The van der Waals surface area contributed by atoms with Gasteiger partial charge in [-0.1, -0.05) is 18.2 Å². The number of hydrogen-bond acceptors (Lipinski definition) is 6. The first-order valence-electron chi connectivity index (χ1n) is 10.8. The van der Waals surface area contributed by atoms with Gasteiger partial charge in [-0.15, -0.1) is 11.3 Å². The van der Waals surface area contributed by atoms with Gasteiger partial charge in [0.15, 0.2) is 4.80 Å². The normalized spacial score (nSPS) is 12.3. The van der Waals surface area contributed by atoms with Crippen LogP contribution in [0.3, 0.4) is 0 Å². The van der Waals surface area contributed by atoms with Crippen LogP contribution in [0.1, 0.15) is 12.5 Å². The third kappa shape index (κ3) is 5.27. The van der Waals surface area contributed by atoms with E-state index in [0.29, 0.717) is 13.2 Å². The lowest BCUT2D eigenvalue weighted by Crippen LogP contribution is -2.22. The smallest absolute Gasteiger partial charge is 0.242 e. The summed E-state index contributed by atoms with van der Waals surface area (Å²) in [6.45, 7) is 3.15. The number of nitrogens with zero attached hydrogens (tertiary/aromatic N) is 4. The summed E-state index contributed by atoms with van der Waals surface area (Å²) in [5.74, 6) is 0.810. The number of aromatic nitrogens is 2. The van der Waals surface area contributed by atoms with Crippen molar-refractivity contribution in [3.63, 3.8) is 0 Å². The molecule has 0 saturated carbocycles. The van der Waals surface area contributed by atoms with Crippen LogP contribution in [-0.2, 0) is 16.6 Å². The standard InChI is InChI=1S/C25H26N4O3S2/c1-4-32-22-11-9-21(10-12-22)27-25-29(17-19-6-5-15-26-16-19)24(18-33-25)20-7-13-23(14-8-20)34(30,31)28(2)3/h5-16,18H,4,17H2,1-3H3. The van der Waals surface area contributed by atoms with Gasteiger partial charge in [-0.3, -0.25) is 4.98 Å². The third-order valence-corrected chi connectivity index (χ3v) is 7.86. The third-order valence-electron chi connectivity index (χ3n) is 5.16. The van der Waals surface area contributed by atoms with Gasteiger partial charge in [0.1, 0.15) is 5.75 Å². The van der Waals surface area contributed by atoms with E-state index in [1.54, 1.807) is 18.3 Å². The molecule has 0 fully saturated rings. The zero-order valence-electron chi connectivity index (χ0n) is 19.2. The van der Waals surface area contributed by atoms with E-state index in [0.717, 1.165) is 33.1 Å². The number of pyridine rings is 1. The second kappa shape index (κ2) is 10.3. The van der Waals surface area contributed by atoms with E-state index in [1.165, 1.54) is 29.7 Å². The highest BCUT2D eigenvalue weighted by Gasteiger charge is 2.17. The van der Waals surface area contributed by atoms with Crippen LogP contribution in [0.5, 0.6) is 5.75 Å². The molecule has 0 atom stereocenters. The van der Waals surface area contributed by atoms with Crippen LogP contribution in [0.25, 0.3) is 11.3 Å². The molecule has 2 aromatic carbocycles. The summed E-state index contributed by atoms with van der Waals surface area (Å²) in [5, 5.41) is 2.04. The van der Waals surface area contributed by atoms with E-state index in [1.807, 2.05) is 67.0 Å². The largest absolute Gasteiger partial charge is 0.494 e. The summed E-state index contributed by atoms with van der Waals surface area (Å²) in [4.78, 5) is 10.2. The number of thiazole rings is 1. The predicted octanol–water partition coefficient (Wildman–Crippen LogP) is 4.54. The van der Waals surface area contributed by atoms with Crippen LogP contribution >= 0.6 is 11.3 Å². The maximum atomic E-state index is 12.5. The molecule has 2 aromatic heterocycles. The molecule has 9 heteroatoms. The van der Waals surface area contributed by atoms with Crippen LogP contribution in [-0.4, -0.2) is 43.0 Å². The Morgan fingerprint density at radius 2 is 1.79 bits per heavy atom. The summed E-state index contributed by atoms with van der Waals surface area (Å²) >= 11 is 1.53. The fourth-order valence-corrected chi connectivity index (χ4v) is 5.21. The molecule has 0 saturated heterocycles. The number of sulfonamides is 1. The molecule has 0 aliphatic carbocycles. The molecular formula is C25H26N4O3S2. The molecule has 0 radical (unpaired) electrons. The summed E-state index contributed by atoms with van der Waals surface area (Å²) in [5.41, 5.74) is 3.73. The number of rotatable bonds is 8. The zero-order valence-corrected chi connectivity index (χ0v) is 20.9. The minimum atomic E-state index is -3.49. The number of hydrogen-bond donors (Lipinski definition) is 0. The SMILES string of the molecule is CCOc1ccc(N=c2scc(-c3ccc(S(=O)(=O)N(C)C)cc3)n2Cc2cccnc2)cc1. The second-order valence-electron chi connectivity index (χ2n) is 7.70. The quantitative estimate of drug-likeness (QED) is 0.360. The van der Waals surface area contributed by atoms with Gasteiger partial charge in [0.05, 0.1) is 29.4 Å². The van der Waals surface area contributed by atoms with Gasteiger partial charge >= 0.3 is 0 Å². The van der Waals surface area contributed by atoms with Crippen molar-refractivity contribution >= 4 is 27.0 Å². The Balaban J connectivity index is 1.76. The second-order valence-corrected chi connectivity index (χ2v) is 10.7. The lowest BCUT2D eigenvalue weighted by Gasteiger charge is -2.13. The molecule has 0 spiro atoms. The zero-order chi connectivity index (χ0) is 24.1. The van der Waals surface area contributed by atoms with E-state index in [4.69, 9.17) is 9.73 Å². The van der Waals surface area contributed by atoms with Crippen molar-refractivity contribution < 1.29 is 13.2 Å². The molecular weight excluding hydrogens is 468 g/mol. The van der Waals surface area contributed by atoms with Crippen molar-refractivity contribution in [1.82, 2.24) is 13.9 Å². The van der Waals surface area contributed by atoms with Crippen LogP contribution in [0.15, 0.2) is 88.3 Å². The highest BCUT2D eigenvalue weighted by Crippen LogP contribution is 2.25. The fourth-order valence-electron chi connectivity index (χ4n) is 3.38. The summed E-state index contributed by atoms with van der Waals surface area (Å²) in [6, 6.07) is 18.6. The van der Waals surface area contributed by atoms with Gasteiger partial charge in [0, 0.05) is 31.9 Å². The summed E-state index contributed by atoms with van der Waals surface area (Å²) in [7, 11) is -0.433. The Labute approximate surface area is 203 Å². The monoisotopic (exact) mass is 494 g/mol. The molecule has 0 amide bonds. The Bertz CT molecular complexity index is 1410. The van der Waals surface area contributed by atoms with E-state index in [9.17, 15) is 8.42 Å². The summed E-state index contributed by atoms with van der Waals surface area (Å²) < 4.78 is 33.8. The van der Waals surface area contributed by atoms with E-state index in [-0.39, 0.29) is 4.90 Å². The highest BCUT2D eigenvalue weighted by molar-refractivity contribution is 7.89. The van der Waals surface area contributed by atoms with Gasteiger partial charge < -0.3 is 9.30 Å². The van der Waals surface area contributed by atoms with Crippen molar-refractivity contribution in [3.8, 4) is 17.0 Å². The van der Waals surface area contributed by atoms with E-state index in [2.05, 4.69) is 9.55 Å². The molecule has 0 N–H and O–H groups in total. The Morgan fingerprint density at radius 1 is 1.06 bits per heavy atom. The average molecular weight is 495 g/mol. The molecule has 0 aliphatic heterocycles. The first kappa shape index (κ1) is 23.9. The molecule has 0 aliphatic rings. The molecule has 0 unspecified atom stereocenters. The fraction of sp³-hybridized carbons (Fsp3) is 0.200. The predicted molar refractivity (Wildman–Crippen MR) is 135 cm³/mol. The van der Waals surface area contributed by atoms with Gasteiger partial charge in [-0.25, -0.2) is 17.7 Å². The topological polar surface area (TPSA) is 76.8 Å². The lowest BCUT2D eigenvalue weighted by atomic mass is 10.1. The van der Waals surface area contributed by atoms with Gasteiger partial charge in [0.2, 0.25) is 10.0 Å². The van der Waals surface area contributed by atoms with Crippen molar-refractivity contribution in [2.75, 3.05) is 20.7 Å². The van der Waals surface area contributed by atoms with Crippen LogP contribution < -0.4 is 9.54 Å². The Hall–Kier alpha value is -3.27. The van der Waals surface area contributed by atoms with Gasteiger partial charge in [0.25, 0.3) is 0 Å². The maximum Gasteiger partial charge on any atom is 0.242 e. The molecule has 34 heavy (non-hydrogen) atoms. The van der Waals surface area contributed by atoms with Gasteiger partial charge in [-0.05, 0) is 60.5 Å². The van der Waals surface area contributed by atoms with Crippen molar-refractivity contribution in [2.24, 2.45) is 4.99 Å². The van der Waals surface area contributed by atoms with Crippen LogP contribution in [0, 0.1) is 0 Å². The maximum absolute atomic E-state index is 12.5. The Kier molecular flexibility index (Phi) is 7.26. The molecule has 176 valence electrons. The van der Waals surface area contributed by atoms with Crippen molar-refractivity contribution in [2.45, 2.75) is 18.4 Å². The molecule has 4 aromatic rings. The van der Waals surface area contributed by atoms with Crippen molar-refractivity contribution in [3.05, 3.63) is 88.8 Å². The first-order chi connectivity index (χ1) is 16.4. The first-order valence-corrected chi connectivity index (χ1v) is 13.1. The van der Waals surface area contributed by atoms with Crippen LogP contribution in [0.2, 0.25) is 0 Å².